The van der Waals surface area contributed by atoms with Crippen LogP contribution >= 0.6 is 0 Å². The molecule has 2 aliphatic carbocycles. The molecule has 214 valence electrons. The van der Waals surface area contributed by atoms with Crippen molar-refractivity contribution in [1.29, 1.82) is 0 Å². The Morgan fingerprint density at radius 1 is 0.895 bits per heavy atom. The van der Waals surface area contributed by atoms with E-state index in [2.05, 4.69) is 87.7 Å². The first kappa shape index (κ1) is 30.8. The summed E-state index contributed by atoms with van der Waals surface area (Å²) in [7, 11) is -1.19. The highest BCUT2D eigenvalue weighted by Crippen LogP contribution is 2.75. The molecule has 0 bridgehead atoms. The Balaban J connectivity index is 2.43. The predicted molar refractivity (Wildman–Crippen MR) is 162 cm³/mol. The highest BCUT2D eigenvalue weighted by atomic mass is 28.4. The molecule has 1 fully saturated rings. The average molecular weight is 561 g/mol. The molecule has 0 aromatic heterocycles. The van der Waals surface area contributed by atoms with Gasteiger partial charge in [-0.15, -0.1) is 0 Å². The lowest BCUT2D eigenvalue weighted by Gasteiger charge is -2.41. The van der Waals surface area contributed by atoms with E-state index in [1.165, 1.54) is 7.11 Å². The molecule has 1 unspecified atom stereocenters. The number of esters is 1. The number of ether oxygens (including phenoxy) is 2. The Bertz CT molecular complexity index is 1120. The molecular formula is C31H52O5Si2. The van der Waals surface area contributed by atoms with E-state index in [1.807, 2.05) is 13.0 Å². The summed E-state index contributed by atoms with van der Waals surface area (Å²) in [5, 5.41) is 0.0394. The third-order valence-electron chi connectivity index (χ3n) is 10.0. The molecule has 0 saturated heterocycles. The second kappa shape index (κ2) is 9.72. The van der Waals surface area contributed by atoms with Gasteiger partial charge in [-0.2, -0.15) is 0 Å². The van der Waals surface area contributed by atoms with Crippen LogP contribution in [0.4, 0.5) is 0 Å². The van der Waals surface area contributed by atoms with Gasteiger partial charge in [0.25, 0.3) is 16.6 Å². The number of rotatable bonds is 7. The number of fused-ring (bicyclic) bond motifs is 3. The van der Waals surface area contributed by atoms with Crippen molar-refractivity contribution in [3.8, 4) is 17.2 Å². The molecule has 1 aromatic rings. The van der Waals surface area contributed by atoms with E-state index in [0.29, 0.717) is 0 Å². The largest absolute Gasteiger partial charge is 0.543 e. The monoisotopic (exact) mass is 560 g/mol. The third kappa shape index (κ3) is 4.65. The van der Waals surface area contributed by atoms with Crippen LogP contribution in [-0.2, 0) is 9.53 Å². The zero-order chi connectivity index (χ0) is 29.2. The van der Waals surface area contributed by atoms with Crippen molar-refractivity contribution in [1.82, 2.24) is 0 Å². The van der Waals surface area contributed by atoms with Gasteiger partial charge in [0.05, 0.1) is 19.6 Å². The number of carbonyl (C=O) groups is 1. The smallest absolute Gasteiger partial charge is 0.316 e. The zero-order valence-corrected chi connectivity index (χ0v) is 28.6. The second-order valence-electron chi connectivity index (χ2n) is 14.5. The first-order valence-corrected chi connectivity index (χ1v) is 19.9. The minimum Gasteiger partial charge on any atom is -0.543 e. The minimum atomic E-state index is -2.22. The Hall–Kier alpha value is -1.74. The number of methoxy groups -OCH3 is 2. The molecule has 0 amide bonds. The second-order valence-corrected chi connectivity index (χ2v) is 24.0. The van der Waals surface area contributed by atoms with Crippen LogP contribution in [0.1, 0.15) is 90.3 Å². The lowest BCUT2D eigenvalue weighted by molar-refractivity contribution is -0.145. The van der Waals surface area contributed by atoms with Gasteiger partial charge in [-0.3, -0.25) is 4.79 Å². The maximum absolute atomic E-state index is 13.4. The Morgan fingerprint density at radius 2 is 1.39 bits per heavy atom. The summed E-state index contributed by atoms with van der Waals surface area (Å²) in [4.78, 5) is 13.4. The molecule has 1 saturated carbocycles. The van der Waals surface area contributed by atoms with Crippen molar-refractivity contribution in [3.05, 3.63) is 28.8 Å². The summed E-state index contributed by atoms with van der Waals surface area (Å²) in [6, 6.07) is 0. The fourth-order valence-corrected chi connectivity index (χ4v) is 7.81. The van der Waals surface area contributed by atoms with Gasteiger partial charge in [-0.25, -0.2) is 0 Å². The van der Waals surface area contributed by atoms with Gasteiger partial charge >= 0.3 is 5.97 Å². The topological polar surface area (TPSA) is 54.0 Å². The van der Waals surface area contributed by atoms with Gasteiger partial charge in [0.2, 0.25) is 0 Å². The summed E-state index contributed by atoms with van der Waals surface area (Å²) in [6.45, 7) is 29.0. The van der Waals surface area contributed by atoms with Crippen molar-refractivity contribution in [3.63, 3.8) is 0 Å². The van der Waals surface area contributed by atoms with Gasteiger partial charge in [0, 0.05) is 22.6 Å². The van der Waals surface area contributed by atoms with E-state index >= 15 is 0 Å². The molecule has 38 heavy (non-hydrogen) atoms. The molecule has 7 heteroatoms. The van der Waals surface area contributed by atoms with Gasteiger partial charge in [0.15, 0.2) is 11.5 Å². The fourth-order valence-electron chi connectivity index (χ4n) is 5.71. The molecule has 0 aliphatic heterocycles. The SMILES string of the molecule is C/C=C/C1(C(=O)OC)[C@@H]2C[C@@H](C)c3c(O[Si](C)(C)C(C)(C)C)c(OC)c(C)c(O[Si](C)(C)C(C)(C)C)c3[C@@H]21. The van der Waals surface area contributed by atoms with Crippen molar-refractivity contribution in [2.45, 2.75) is 117 Å². The number of benzene rings is 1. The number of hydrogen-bond donors (Lipinski definition) is 0. The van der Waals surface area contributed by atoms with Crippen LogP contribution in [-0.4, -0.2) is 36.8 Å². The molecule has 0 radical (unpaired) electrons. The number of allylic oxidation sites excluding steroid dienone is 1. The average Bonchev–Trinajstić information content (AvgIpc) is 3.41. The van der Waals surface area contributed by atoms with Crippen molar-refractivity contribution < 1.29 is 23.1 Å². The molecule has 0 N–H and O–H groups in total. The van der Waals surface area contributed by atoms with Crippen LogP contribution in [0.15, 0.2) is 12.2 Å². The summed E-state index contributed by atoms with van der Waals surface area (Å²) in [5.74, 6) is 2.69. The van der Waals surface area contributed by atoms with Crippen LogP contribution in [0.3, 0.4) is 0 Å². The van der Waals surface area contributed by atoms with Gasteiger partial charge in [0.1, 0.15) is 5.75 Å². The molecular weight excluding hydrogens is 509 g/mol. The van der Waals surface area contributed by atoms with E-state index in [4.69, 9.17) is 18.3 Å². The molecule has 1 aromatic carbocycles. The standard InChI is InChI=1S/C31H52O5Si2/c1-16-17-31(28(32)34-11)21-18-19(2)22-23(24(21)31)25(35-37(12,13)29(4,5)6)20(3)26(33-10)27(22)36-38(14,15)30(7,8)9/h16-17,19,21,24H,18H2,1-15H3/b17-16+/t19-,21-,24-,31?/m1/s1. The summed E-state index contributed by atoms with van der Waals surface area (Å²) < 4.78 is 25.8. The van der Waals surface area contributed by atoms with Crippen LogP contribution in [0.25, 0.3) is 0 Å². The Kier molecular flexibility index (Phi) is 7.88. The molecule has 3 rings (SSSR count). The molecule has 2 aliphatic rings. The van der Waals surface area contributed by atoms with E-state index in [0.717, 1.165) is 40.4 Å². The summed E-state index contributed by atoms with van der Waals surface area (Å²) >= 11 is 0. The summed E-state index contributed by atoms with van der Waals surface area (Å²) in [5.41, 5.74) is 2.57. The van der Waals surface area contributed by atoms with Crippen molar-refractivity contribution in [2.24, 2.45) is 11.3 Å². The van der Waals surface area contributed by atoms with Gasteiger partial charge in [-0.1, -0.05) is 60.6 Å². The maximum atomic E-state index is 13.4. The van der Waals surface area contributed by atoms with Crippen molar-refractivity contribution >= 4 is 22.6 Å². The first-order valence-electron chi connectivity index (χ1n) is 14.1. The van der Waals surface area contributed by atoms with Gasteiger partial charge in [-0.05, 0) is 68.4 Å². The minimum absolute atomic E-state index is 0.0107. The van der Waals surface area contributed by atoms with Crippen LogP contribution < -0.4 is 13.6 Å². The lowest BCUT2D eigenvalue weighted by atomic mass is 9.81. The van der Waals surface area contributed by atoms with Crippen molar-refractivity contribution in [2.75, 3.05) is 14.2 Å². The van der Waals surface area contributed by atoms with Gasteiger partial charge < -0.3 is 18.3 Å². The van der Waals surface area contributed by atoms with Crippen LogP contribution in [0, 0.1) is 18.3 Å². The third-order valence-corrected chi connectivity index (χ3v) is 18.7. The highest BCUT2D eigenvalue weighted by molar-refractivity contribution is 6.75. The molecule has 0 heterocycles. The number of hydrogen-bond acceptors (Lipinski definition) is 5. The molecule has 0 spiro atoms. The lowest BCUT2D eigenvalue weighted by Crippen LogP contribution is -2.45. The Morgan fingerprint density at radius 3 is 1.82 bits per heavy atom. The zero-order valence-electron chi connectivity index (χ0n) is 26.6. The van der Waals surface area contributed by atoms with E-state index in [1.54, 1.807) is 7.11 Å². The highest BCUT2D eigenvalue weighted by Gasteiger charge is 2.72. The van der Waals surface area contributed by atoms with Crippen LogP contribution in [0.2, 0.25) is 36.3 Å². The van der Waals surface area contributed by atoms with Crippen LogP contribution in [0.5, 0.6) is 17.2 Å². The quantitative estimate of drug-likeness (QED) is 0.190. The van der Waals surface area contributed by atoms with E-state index in [-0.39, 0.29) is 33.8 Å². The van der Waals surface area contributed by atoms with E-state index in [9.17, 15) is 4.79 Å². The number of carbonyl (C=O) groups excluding carboxylic acids is 1. The Labute approximate surface area is 233 Å². The fraction of sp³-hybridized carbons (Fsp3) is 0.710. The molecule has 5 nitrogen and oxygen atoms in total. The maximum Gasteiger partial charge on any atom is 0.316 e. The van der Waals surface area contributed by atoms with E-state index < -0.39 is 22.0 Å². The summed E-state index contributed by atoms with van der Waals surface area (Å²) in [6.07, 6.45) is 4.95. The molecule has 4 atom stereocenters. The predicted octanol–water partition coefficient (Wildman–Crippen LogP) is 8.73. The normalized spacial score (nSPS) is 25.5. The first-order chi connectivity index (χ1) is 17.2.